The number of fused-ring (bicyclic) bond motifs is 4. The van der Waals surface area contributed by atoms with Crippen molar-refractivity contribution < 1.29 is 68.9 Å². The number of pyridine rings is 2. The lowest BCUT2D eigenvalue weighted by Gasteiger charge is -2.39. The van der Waals surface area contributed by atoms with Gasteiger partial charge in [0.25, 0.3) is 43.2 Å². The molecule has 18 rings (SSSR count). The molecule has 8 aliphatic rings. The molecule has 4 fully saturated rings. The van der Waals surface area contributed by atoms with E-state index in [9.17, 15) is 50.9 Å². The van der Waals surface area contributed by atoms with Gasteiger partial charge >= 0.3 is 0 Å². The average molecular weight is 1900 g/mol. The van der Waals surface area contributed by atoms with Crippen molar-refractivity contribution in [3.05, 3.63) is 233 Å². The van der Waals surface area contributed by atoms with Crippen LogP contribution in [0.2, 0.25) is 10.0 Å². The number of aromatic amines is 2. The monoisotopic (exact) mass is 1890 g/mol. The van der Waals surface area contributed by atoms with Gasteiger partial charge in [0, 0.05) is 179 Å². The molecule has 0 unspecified atom stereocenters. The second kappa shape index (κ2) is 39.2. The summed E-state index contributed by atoms with van der Waals surface area (Å²) < 4.78 is 113. The van der Waals surface area contributed by atoms with Crippen LogP contribution in [-0.2, 0) is 52.1 Å². The Kier molecular flexibility index (Phi) is 27.6. The third-order valence-corrected chi connectivity index (χ3v) is 31.6. The molecule has 132 heavy (non-hydrogen) atoms. The molecule has 6 aliphatic heterocycles. The molecule has 10 aromatic rings. The number of benzene rings is 6. The number of hydrogen-bond donors (Lipinski definition) is 4. The number of nitrogens with one attached hydrogen (secondary N) is 4. The molecule has 4 N–H and O–H groups in total. The second-order valence-corrected chi connectivity index (χ2v) is 43.8. The molecule has 2 aliphatic carbocycles. The van der Waals surface area contributed by atoms with Crippen LogP contribution in [0.1, 0.15) is 123 Å². The molecule has 4 saturated heterocycles. The van der Waals surface area contributed by atoms with Crippen molar-refractivity contribution in [3.63, 3.8) is 0 Å². The first-order valence-corrected chi connectivity index (χ1v) is 50.4. The molecule has 6 aromatic carbocycles. The number of sulfonamides is 2. The fraction of sp³-hybridized carbons (Fsp3) is 0.417. The predicted molar refractivity (Wildman–Crippen MR) is 508 cm³/mol. The molecule has 10 heterocycles. The lowest BCUT2D eigenvalue weighted by molar-refractivity contribution is -0.386. The molecule has 696 valence electrons. The number of nitro benzene ring substituents is 2. The van der Waals surface area contributed by atoms with E-state index in [2.05, 4.69) is 110 Å². The number of morpholine rings is 1. The van der Waals surface area contributed by atoms with Crippen LogP contribution in [0.4, 0.5) is 22.7 Å². The summed E-state index contributed by atoms with van der Waals surface area (Å²) in [7, 11) is -11.7. The fourth-order valence-corrected chi connectivity index (χ4v) is 22.8. The van der Waals surface area contributed by atoms with Crippen LogP contribution < -0.4 is 38.2 Å². The van der Waals surface area contributed by atoms with Crippen molar-refractivity contribution in [2.75, 3.05) is 146 Å². The first-order chi connectivity index (χ1) is 63.3. The van der Waals surface area contributed by atoms with Crippen molar-refractivity contribution in [2.45, 2.75) is 108 Å². The number of nitrogens with zero attached hydrogens (tertiary/aromatic N) is 10. The molecule has 0 spiro atoms. The van der Waals surface area contributed by atoms with Crippen molar-refractivity contribution in [1.29, 1.82) is 0 Å². The summed E-state index contributed by atoms with van der Waals surface area (Å²) in [5.74, 6) is -0.337. The van der Waals surface area contributed by atoms with Crippen LogP contribution in [-0.4, -0.2) is 220 Å². The molecule has 4 aromatic heterocycles. The van der Waals surface area contributed by atoms with Crippen molar-refractivity contribution in [3.8, 4) is 34.5 Å². The molecular weight excluding hydrogens is 1790 g/mol. The highest BCUT2D eigenvalue weighted by Gasteiger charge is 2.39. The Labute approximate surface area is 777 Å². The third kappa shape index (κ3) is 22.1. The molecule has 0 radical (unpaired) electrons. The van der Waals surface area contributed by atoms with Gasteiger partial charge in [-0.05, 0) is 177 Å². The van der Waals surface area contributed by atoms with Gasteiger partial charge in [-0.25, -0.2) is 44.8 Å². The van der Waals surface area contributed by atoms with Gasteiger partial charge in [0.05, 0.1) is 115 Å². The number of aromatic nitrogens is 4. The highest BCUT2D eigenvalue weighted by molar-refractivity contribution is 7.93. The fourth-order valence-electron chi connectivity index (χ4n) is 18.9. The van der Waals surface area contributed by atoms with Gasteiger partial charge in [0.2, 0.25) is 0 Å². The molecule has 31 nitrogen and oxygen atoms in total. The maximum atomic E-state index is 14.1. The average Bonchev–Trinajstić information content (AvgIpc) is 0.853. The summed E-state index contributed by atoms with van der Waals surface area (Å²) in [6, 6.07) is 38.1. The molecular formula is C96H108Cl2N14O17S3. The van der Waals surface area contributed by atoms with Crippen LogP contribution in [0, 0.1) is 42.9 Å². The summed E-state index contributed by atoms with van der Waals surface area (Å²) in [6.45, 7) is 23.5. The number of carbonyl (C=O) groups excluding carboxylic acids is 2. The summed E-state index contributed by atoms with van der Waals surface area (Å²) in [5.41, 5.74) is 11.2. The lowest BCUT2D eigenvalue weighted by Crippen LogP contribution is -2.47. The maximum Gasteiger partial charge on any atom is 0.277 e. The van der Waals surface area contributed by atoms with Gasteiger partial charge in [0.1, 0.15) is 45.8 Å². The number of amides is 2. The minimum Gasteiger partial charge on any atom is -0.493 e. The van der Waals surface area contributed by atoms with Crippen LogP contribution in [0.5, 0.6) is 34.5 Å². The largest absolute Gasteiger partial charge is 0.493 e. The zero-order valence-electron chi connectivity index (χ0n) is 74.3. The number of carbonyl (C=O) groups is 2. The van der Waals surface area contributed by atoms with E-state index >= 15 is 0 Å². The Hall–Kier alpha value is -11.1. The molecule has 3 atom stereocenters. The number of rotatable bonds is 25. The highest BCUT2D eigenvalue weighted by Crippen LogP contribution is 2.48. The highest BCUT2D eigenvalue weighted by atomic mass is 35.5. The Morgan fingerprint density at radius 3 is 1.49 bits per heavy atom. The van der Waals surface area contributed by atoms with Gasteiger partial charge in [-0.2, -0.15) is 0 Å². The number of anilines is 2. The van der Waals surface area contributed by atoms with Crippen LogP contribution >= 0.6 is 23.2 Å². The minimum atomic E-state index is -4.67. The maximum absolute atomic E-state index is 14.1. The van der Waals surface area contributed by atoms with Gasteiger partial charge in [-0.1, -0.05) is 86.3 Å². The second-order valence-electron chi connectivity index (χ2n) is 37.0. The molecule has 0 saturated carbocycles. The molecule has 36 heteroatoms. The number of halogens is 2. The topological polar surface area (TPSA) is 371 Å². The number of ether oxygens (including phenoxy) is 6. The van der Waals surface area contributed by atoms with Crippen LogP contribution in [0.25, 0.3) is 33.2 Å². The van der Waals surface area contributed by atoms with E-state index in [0.29, 0.717) is 98.7 Å². The summed E-state index contributed by atoms with van der Waals surface area (Å²) in [4.78, 5) is 77.4. The van der Waals surface area contributed by atoms with E-state index in [1.54, 1.807) is 54.9 Å². The van der Waals surface area contributed by atoms with Crippen molar-refractivity contribution >= 4 is 121 Å². The van der Waals surface area contributed by atoms with Gasteiger partial charge in [-0.15, -0.1) is 0 Å². The Morgan fingerprint density at radius 2 is 1.04 bits per heavy atom. The van der Waals surface area contributed by atoms with E-state index in [1.807, 2.05) is 43.3 Å². The summed E-state index contributed by atoms with van der Waals surface area (Å²) in [5, 5.41) is 27.8. The van der Waals surface area contributed by atoms with Crippen LogP contribution in [0.3, 0.4) is 0 Å². The smallest absolute Gasteiger partial charge is 0.277 e. The zero-order chi connectivity index (χ0) is 92.4. The minimum absolute atomic E-state index is 0.0342. The Balaban J connectivity index is 0.000000184. The Morgan fingerprint density at radius 1 is 0.583 bits per heavy atom. The van der Waals surface area contributed by atoms with E-state index in [0.717, 1.165) is 148 Å². The van der Waals surface area contributed by atoms with Gasteiger partial charge < -0.3 is 48.2 Å². The number of nitro groups is 2. The first kappa shape index (κ1) is 92.8. The van der Waals surface area contributed by atoms with E-state index in [4.69, 9.17) is 51.6 Å². The molecule has 2 amide bonds. The number of piperazine rings is 2. The van der Waals surface area contributed by atoms with E-state index < -0.39 is 66.9 Å². The van der Waals surface area contributed by atoms with Crippen LogP contribution in [0.15, 0.2) is 184 Å². The van der Waals surface area contributed by atoms with Crippen molar-refractivity contribution in [2.24, 2.45) is 27.0 Å². The summed E-state index contributed by atoms with van der Waals surface area (Å²) in [6.07, 6.45) is 14.1. The SMILES string of the molecule is CC1(C)CCC(CN2CCN(c3ccc(C(=O)NS(=O)(=O)c4cc5c(c([N+](=O)[O-])c4)C[C@@H](CCN=S4(=O)CCOCC4)CO5)c(Oc4cnc5[nH]ccc5c4)c3)CC2)=C(c2ccc(Cl)cc2)C1.C[C@H]1CN(C[C@@H]2COc3cc(S(=O)(=O)NC(=O)c4ccc(N5CCN(CC6=C(c7ccc(Cl)cc7)CC(C)(C)CC6)CC5)cc4Oc4cnc5[nH]ccc5c4)cc([N+](=O)[O-])c3C2)CCO1. The Bertz CT molecular complexity index is 6490. The number of allylic oxidation sites excluding steroid dienone is 2. The van der Waals surface area contributed by atoms with Crippen molar-refractivity contribution in [1.82, 2.24) is 44.1 Å². The first-order valence-electron chi connectivity index (χ1n) is 44.8. The standard InChI is InChI=1S/C48H54ClN7O9S2.C48H54ClN7O8S/c1-48(2)12-9-35(42(28-48)33-3-5-36(49)6-4-33)30-54-15-17-55(18-16-54)37-7-8-40(45(25-37)65-38-24-34-11-13-50-46(34)51-29-38)47(57)53-67(61,62)39-26-43(56(58)59)41-23-32(31-64-44(41)27-39)10-14-52-66(60)21-19-63-20-22-66;1-31-27-54(18-19-62-31)28-32-20-41-43(56(58)59)23-39(24-44(41)63-30-32)65(60,61)52-47(57)40-9-8-37(22-45(40)64-38-21-34-11-13-50-46(34)51-26-38)55-16-14-53(15-17-55)29-35-10-12-48(2,3)25-42(35)33-4-6-36(49)7-5-33/h3-8,11,13,24-27,29,32H,9-10,12,14-23,28,30-31H2,1-2H3,(H,50,51)(H,53,57);4-9,11,13,21-24,26,31-32H,10,12,14-20,25,27-30H2,1-3H3,(H,50,51)(H,52,57)/t32-;31-,32+/m10/s1. The number of H-pyrrole nitrogens is 2. The summed E-state index contributed by atoms with van der Waals surface area (Å²) >= 11 is 12.5. The van der Waals surface area contributed by atoms with Gasteiger partial charge in [-0.3, -0.25) is 44.5 Å². The third-order valence-electron chi connectivity index (χ3n) is 26.2. The lowest BCUT2D eigenvalue weighted by atomic mass is 9.72. The van der Waals surface area contributed by atoms with E-state index in [-0.39, 0.29) is 93.8 Å². The normalized spacial score (nSPS) is 20.1. The quantitative estimate of drug-likeness (QED) is 0.0305. The number of hydrogen-bond acceptors (Lipinski definition) is 25. The molecule has 0 bridgehead atoms. The van der Waals surface area contributed by atoms with Gasteiger partial charge in [0.15, 0.2) is 0 Å². The predicted octanol–water partition coefficient (Wildman–Crippen LogP) is 16.4. The zero-order valence-corrected chi connectivity index (χ0v) is 78.3. The van der Waals surface area contributed by atoms with E-state index in [1.165, 1.54) is 64.0 Å².